The first-order valence-corrected chi connectivity index (χ1v) is 7.91. The van der Waals surface area contributed by atoms with Gasteiger partial charge in [-0.15, -0.1) is 0 Å². The minimum atomic E-state index is -0.251. The van der Waals surface area contributed by atoms with Crippen molar-refractivity contribution in [3.05, 3.63) is 53.3 Å². The monoisotopic (exact) mass is 329 g/mol. The molecule has 0 spiro atoms. The third kappa shape index (κ3) is 5.26. The van der Waals surface area contributed by atoms with Crippen LogP contribution in [0.25, 0.3) is 0 Å². The largest absolute Gasteiger partial charge is 0.493 e. The molecular weight excluding hydrogens is 306 g/mol. The fourth-order valence-electron chi connectivity index (χ4n) is 2.39. The summed E-state index contributed by atoms with van der Waals surface area (Å²) in [5, 5.41) is 0. The fraction of sp³-hybridized carbons (Fsp3) is 0.368. The second kappa shape index (κ2) is 8.91. The summed E-state index contributed by atoms with van der Waals surface area (Å²) >= 11 is 0. The number of benzene rings is 1. The summed E-state index contributed by atoms with van der Waals surface area (Å²) in [5.41, 5.74) is 2.85. The lowest BCUT2D eigenvalue weighted by Gasteiger charge is -2.09. The van der Waals surface area contributed by atoms with Crippen LogP contribution in [0.1, 0.15) is 23.4 Å². The molecule has 2 rings (SSSR count). The van der Waals surface area contributed by atoms with Gasteiger partial charge in [0.2, 0.25) is 0 Å². The number of pyridine rings is 1. The van der Waals surface area contributed by atoms with E-state index in [0.717, 1.165) is 29.8 Å². The molecule has 0 bridgehead atoms. The fourth-order valence-corrected chi connectivity index (χ4v) is 2.39. The van der Waals surface area contributed by atoms with Crippen LogP contribution in [-0.2, 0) is 22.4 Å². The van der Waals surface area contributed by atoms with Crippen LogP contribution in [0.15, 0.2) is 36.4 Å². The van der Waals surface area contributed by atoms with Crippen LogP contribution in [0.5, 0.6) is 11.5 Å². The average Bonchev–Trinajstić information content (AvgIpc) is 2.58. The molecule has 0 atom stereocenters. The second-order valence-electron chi connectivity index (χ2n) is 5.46. The number of hydrogen-bond donors (Lipinski definition) is 0. The number of aryl methyl sites for hydroxylation is 2. The highest BCUT2D eigenvalue weighted by atomic mass is 16.5. The van der Waals surface area contributed by atoms with Gasteiger partial charge in [-0.05, 0) is 49.6 Å². The van der Waals surface area contributed by atoms with Crippen molar-refractivity contribution in [1.29, 1.82) is 0 Å². The Morgan fingerprint density at radius 3 is 2.58 bits per heavy atom. The third-order valence-electron chi connectivity index (χ3n) is 3.58. The summed E-state index contributed by atoms with van der Waals surface area (Å²) in [4.78, 5) is 16.3. The zero-order chi connectivity index (χ0) is 17.4. The van der Waals surface area contributed by atoms with Gasteiger partial charge in [-0.25, -0.2) is 0 Å². The van der Waals surface area contributed by atoms with E-state index in [1.807, 2.05) is 31.2 Å². The van der Waals surface area contributed by atoms with E-state index in [1.54, 1.807) is 26.4 Å². The van der Waals surface area contributed by atoms with Crippen molar-refractivity contribution in [2.75, 3.05) is 20.8 Å². The lowest BCUT2D eigenvalue weighted by Crippen LogP contribution is -2.10. The van der Waals surface area contributed by atoms with Crippen molar-refractivity contribution in [3.63, 3.8) is 0 Å². The summed E-state index contributed by atoms with van der Waals surface area (Å²) in [7, 11) is 3.15. The van der Waals surface area contributed by atoms with E-state index in [9.17, 15) is 4.79 Å². The minimum Gasteiger partial charge on any atom is -0.493 e. The topological polar surface area (TPSA) is 57.7 Å². The summed E-state index contributed by atoms with van der Waals surface area (Å²) in [6.07, 6.45) is 1.77. The molecule has 0 amide bonds. The first-order valence-electron chi connectivity index (χ1n) is 7.91. The molecule has 0 saturated heterocycles. The maximum absolute atomic E-state index is 11.9. The molecule has 1 heterocycles. The molecule has 0 radical (unpaired) electrons. The van der Waals surface area contributed by atoms with Gasteiger partial charge in [0.05, 0.1) is 27.2 Å². The van der Waals surface area contributed by atoms with E-state index in [0.29, 0.717) is 18.1 Å². The molecule has 0 saturated carbocycles. The smallest absolute Gasteiger partial charge is 0.310 e. The Morgan fingerprint density at radius 2 is 1.88 bits per heavy atom. The van der Waals surface area contributed by atoms with Gasteiger partial charge < -0.3 is 14.2 Å². The van der Waals surface area contributed by atoms with Crippen molar-refractivity contribution in [1.82, 2.24) is 4.98 Å². The van der Waals surface area contributed by atoms with Gasteiger partial charge in [0.15, 0.2) is 11.5 Å². The number of rotatable bonds is 8. The molecule has 1 aromatic carbocycles. The van der Waals surface area contributed by atoms with Gasteiger partial charge in [-0.3, -0.25) is 9.78 Å². The molecule has 5 heteroatoms. The standard InChI is InChI=1S/C19H23NO4/c1-14-6-4-7-16(20-14)8-5-11-24-19(21)13-15-9-10-17(22-2)18(12-15)23-3/h4,6-7,9-10,12H,5,8,11,13H2,1-3H3. The first kappa shape index (κ1) is 17.8. The highest BCUT2D eigenvalue weighted by Gasteiger charge is 2.09. The summed E-state index contributed by atoms with van der Waals surface area (Å²) in [5.74, 6) is 0.994. The Balaban J connectivity index is 1.77. The van der Waals surface area contributed by atoms with Gasteiger partial charge in [0.1, 0.15) is 0 Å². The molecule has 5 nitrogen and oxygen atoms in total. The maximum Gasteiger partial charge on any atom is 0.310 e. The van der Waals surface area contributed by atoms with E-state index >= 15 is 0 Å². The van der Waals surface area contributed by atoms with E-state index in [1.165, 1.54) is 0 Å². The summed E-state index contributed by atoms with van der Waals surface area (Å²) in [6, 6.07) is 11.3. The minimum absolute atomic E-state index is 0.211. The lowest BCUT2D eigenvalue weighted by atomic mass is 10.1. The first-order chi connectivity index (χ1) is 11.6. The normalized spacial score (nSPS) is 10.3. The second-order valence-corrected chi connectivity index (χ2v) is 5.46. The molecule has 128 valence electrons. The van der Waals surface area contributed by atoms with E-state index in [-0.39, 0.29) is 12.4 Å². The van der Waals surface area contributed by atoms with Crippen LogP contribution in [0, 0.1) is 6.92 Å². The van der Waals surface area contributed by atoms with Crippen molar-refractivity contribution < 1.29 is 19.0 Å². The number of aromatic nitrogens is 1. The van der Waals surface area contributed by atoms with Gasteiger partial charge in [-0.1, -0.05) is 12.1 Å². The Labute approximate surface area is 142 Å². The predicted octanol–water partition coefficient (Wildman–Crippen LogP) is 3.13. The highest BCUT2D eigenvalue weighted by Crippen LogP contribution is 2.27. The van der Waals surface area contributed by atoms with Gasteiger partial charge in [-0.2, -0.15) is 0 Å². The summed E-state index contributed by atoms with van der Waals surface area (Å²) in [6.45, 7) is 2.36. The third-order valence-corrected chi connectivity index (χ3v) is 3.58. The van der Waals surface area contributed by atoms with Crippen LogP contribution in [-0.4, -0.2) is 31.8 Å². The van der Waals surface area contributed by atoms with E-state index < -0.39 is 0 Å². The average molecular weight is 329 g/mol. The van der Waals surface area contributed by atoms with Gasteiger partial charge >= 0.3 is 5.97 Å². The molecule has 24 heavy (non-hydrogen) atoms. The van der Waals surface area contributed by atoms with Crippen LogP contribution in [0.4, 0.5) is 0 Å². The van der Waals surface area contributed by atoms with Crippen molar-refractivity contribution in [2.45, 2.75) is 26.2 Å². The molecule has 2 aromatic rings. The zero-order valence-electron chi connectivity index (χ0n) is 14.4. The van der Waals surface area contributed by atoms with E-state index in [4.69, 9.17) is 14.2 Å². The highest BCUT2D eigenvalue weighted by molar-refractivity contribution is 5.73. The maximum atomic E-state index is 11.9. The Morgan fingerprint density at radius 1 is 1.08 bits per heavy atom. The van der Waals surface area contributed by atoms with Crippen molar-refractivity contribution >= 4 is 5.97 Å². The molecule has 0 N–H and O–H groups in total. The quantitative estimate of drug-likeness (QED) is 0.550. The van der Waals surface area contributed by atoms with Crippen LogP contribution in [0.2, 0.25) is 0 Å². The number of hydrogen-bond acceptors (Lipinski definition) is 5. The predicted molar refractivity (Wildman–Crippen MR) is 91.5 cm³/mol. The Kier molecular flexibility index (Phi) is 6.61. The number of methoxy groups -OCH3 is 2. The number of carbonyl (C=O) groups is 1. The van der Waals surface area contributed by atoms with E-state index in [2.05, 4.69) is 4.98 Å². The van der Waals surface area contributed by atoms with Gasteiger partial charge in [0.25, 0.3) is 0 Å². The van der Waals surface area contributed by atoms with Crippen LogP contribution < -0.4 is 9.47 Å². The van der Waals surface area contributed by atoms with Crippen molar-refractivity contribution in [2.24, 2.45) is 0 Å². The number of esters is 1. The molecular formula is C19H23NO4. The number of nitrogens with zero attached hydrogens (tertiary/aromatic N) is 1. The molecule has 0 aliphatic rings. The molecule has 0 aliphatic heterocycles. The number of carbonyl (C=O) groups excluding carboxylic acids is 1. The Hall–Kier alpha value is -2.56. The van der Waals surface area contributed by atoms with Gasteiger partial charge in [0, 0.05) is 11.4 Å². The number of ether oxygens (including phenoxy) is 3. The van der Waals surface area contributed by atoms with Crippen molar-refractivity contribution in [3.8, 4) is 11.5 Å². The molecule has 1 aromatic heterocycles. The Bertz CT molecular complexity index is 685. The molecule has 0 unspecified atom stereocenters. The molecule has 0 aliphatic carbocycles. The van der Waals surface area contributed by atoms with Crippen LogP contribution >= 0.6 is 0 Å². The van der Waals surface area contributed by atoms with Crippen LogP contribution in [0.3, 0.4) is 0 Å². The SMILES string of the molecule is COc1ccc(CC(=O)OCCCc2cccc(C)n2)cc1OC. The zero-order valence-corrected chi connectivity index (χ0v) is 14.4. The summed E-state index contributed by atoms with van der Waals surface area (Å²) < 4.78 is 15.7. The lowest BCUT2D eigenvalue weighted by molar-refractivity contribution is -0.142. The molecule has 0 fully saturated rings.